The van der Waals surface area contributed by atoms with Gasteiger partial charge in [0.25, 0.3) is 0 Å². The van der Waals surface area contributed by atoms with Crippen molar-refractivity contribution in [3.63, 3.8) is 0 Å². The maximum atomic E-state index is 13.0. The van der Waals surface area contributed by atoms with Crippen LogP contribution >= 0.6 is 0 Å². The van der Waals surface area contributed by atoms with Gasteiger partial charge in [-0.05, 0) is 60.6 Å². The third-order valence-corrected chi connectivity index (χ3v) is 7.98. The number of anilines is 1. The van der Waals surface area contributed by atoms with Crippen LogP contribution in [0.15, 0.2) is 59.8 Å². The van der Waals surface area contributed by atoms with Crippen LogP contribution in [0.25, 0.3) is 0 Å². The molecule has 1 fully saturated rings. The predicted molar refractivity (Wildman–Crippen MR) is 105 cm³/mol. The first-order chi connectivity index (χ1) is 13.1. The molecule has 1 aromatic heterocycles. The van der Waals surface area contributed by atoms with Crippen LogP contribution in [0, 0.1) is 5.92 Å². The van der Waals surface area contributed by atoms with Gasteiger partial charge in [-0.15, -0.1) is 0 Å². The molecule has 3 atom stereocenters. The number of pyridine rings is 1. The fourth-order valence-electron chi connectivity index (χ4n) is 4.70. The minimum Gasteiger partial charge on any atom is -0.378 e. The number of hydrogen-bond donors (Lipinski definition) is 1. The number of hydrogen-bond acceptors (Lipinski definition) is 4. The van der Waals surface area contributed by atoms with Crippen LogP contribution in [0.2, 0.25) is 0 Å². The van der Waals surface area contributed by atoms with Gasteiger partial charge < -0.3 is 5.32 Å². The molecule has 0 spiro atoms. The van der Waals surface area contributed by atoms with Crippen molar-refractivity contribution >= 4 is 15.7 Å². The molecule has 0 bridgehead atoms. The van der Waals surface area contributed by atoms with Crippen molar-refractivity contribution in [1.29, 1.82) is 0 Å². The lowest BCUT2D eigenvalue weighted by Crippen LogP contribution is -2.30. The van der Waals surface area contributed by atoms with E-state index >= 15 is 0 Å². The van der Waals surface area contributed by atoms with Gasteiger partial charge in [0.2, 0.25) is 10.0 Å². The van der Waals surface area contributed by atoms with Gasteiger partial charge in [0.05, 0.1) is 10.9 Å². The van der Waals surface area contributed by atoms with Crippen LogP contribution in [-0.2, 0) is 10.0 Å². The number of benzene rings is 1. The number of allylic oxidation sites excluding steroid dienone is 2. The van der Waals surface area contributed by atoms with E-state index in [1.165, 1.54) is 5.56 Å². The highest BCUT2D eigenvalue weighted by Gasteiger charge is 2.39. The summed E-state index contributed by atoms with van der Waals surface area (Å²) in [5, 5.41) is 3.64. The fourth-order valence-corrected chi connectivity index (χ4v) is 6.25. The Labute approximate surface area is 160 Å². The molecule has 27 heavy (non-hydrogen) atoms. The van der Waals surface area contributed by atoms with Crippen LogP contribution in [0.3, 0.4) is 0 Å². The Morgan fingerprint density at radius 2 is 2.00 bits per heavy atom. The van der Waals surface area contributed by atoms with Crippen molar-refractivity contribution < 1.29 is 8.42 Å². The summed E-state index contributed by atoms with van der Waals surface area (Å²) >= 11 is 0. The number of sulfonamides is 1. The van der Waals surface area contributed by atoms with E-state index in [1.54, 1.807) is 16.6 Å². The van der Waals surface area contributed by atoms with E-state index in [0.29, 0.717) is 23.9 Å². The molecule has 1 aromatic carbocycles. The molecule has 2 aromatic rings. The summed E-state index contributed by atoms with van der Waals surface area (Å²) in [6.45, 7) is 1.26. The molecular weight excluding hydrogens is 358 g/mol. The minimum atomic E-state index is -3.40. The van der Waals surface area contributed by atoms with Gasteiger partial charge in [0.1, 0.15) is 0 Å². The van der Waals surface area contributed by atoms with Crippen molar-refractivity contribution in [3.8, 4) is 0 Å². The van der Waals surface area contributed by atoms with Crippen LogP contribution in [0.4, 0.5) is 5.69 Å². The lowest BCUT2D eigenvalue weighted by atomic mass is 9.77. The molecule has 1 aliphatic carbocycles. The van der Waals surface area contributed by atoms with Gasteiger partial charge in [0.15, 0.2) is 0 Å². The third-order valence-electron chi connectivity index (χ3n) is 6.08. The van der Waals surface area contributed by atoms with Crippen molar-refractivity contribution in [1.82, 2.24) is 9.29 Å². The van der Waals surface area contributed by atoms with Gasteiger partial charge in [-0.25, -0.2) is 8.42 Å². The minimum absolute atomic E-state index is 0.187. The summed E-state index contributed by atoms with van der Waals surface area (Å²) in [6, 6.07) is 9.84. The molecule has 5 rings (SSSR count). The number of aromatic nitrogens is 1. The Morgan fingerprint density at radius 1 is 1.15 bits per heavy atom. The molecule has 140 valence electrons. The summed E-state index contributed by atoms with van der Waals surface area (Å²) in [6.07, 6.45) is 11.1. The largest absolute Gasteiger partial charge is 0.378 e. The molecule has 3 unspecified atom stereocenters. The van der Waals surface area contributed by atoms with E-state index < -0.39 is 10.0 Å². The van der Waals surface area contributed by atoms with Crippen molar-refractivity contribution in [2.45, 2.75) is 36.1 Å². The summed E-state index contributed by atoms with van der Waals surface area (Å²) in [5.74, 6) is 0.617. The average molecular weight is 382 g/mol. The second kappa shape index (κ2) is 6.46. The maximum Gasteiger partial charge on any atom is 0.243 e. The molecule has 3 aliphatic rings. The molecule has 5 nitrogen and oxygen atoms in total. The van der Waals surface area contributed by atoms with E-state index in [4.69, 9.17) is 0 Å². The van der Waals surface area contributed by atoms with Crippen LogP contribution in [0.5, 0.6) is 0 Å². The molecule has 1 N–H and O–H groups in total. The van der Waals surface area contributed by atoms with Gasteiger partial charge in [-0.3, -0.25) is 4.98 Å². The van der Waals surface area contributed by atoms with Gasteiger partial charge in [-0.1, -0.05) is 18.2 Å². The first-order valence-electron chi connectivity index (χ1n) is 9.62. The molecular formula is C21H23N3O2S. The summed E-state index contributed by atoms with van der Waals surface area (Å²) < 4.78 is 27.6. The van der Waals surface area contributed by atoms with E-state index in [1.807, 2.05) is 24.4 Å². The second-order valence-electron chi connectivity index (χ2n) is 7.62. The molecule has 2 aliphatic heterocycles. The SMILES string of the molecule is O=S(=O)(c1ccc2c(c1)C1C=CCC1C(c1cccnc1)N2)N1CCCC1. The third kappa shape index (κ3) is 2.78. The highest BCUT2D eigenvalue weighted by molar-refractivity contribution is 7.89. The van der Waals surface area contributed by atoms with Crippen molar-refractivity contribution in [2.75, 3.05) is 18.4 Å². The zero-order valence-corrected chi connectivity index (χ0v) is 15.9. The first kappa shape index (κ1) is 17.0. The van der Waals surface area contributed by atoms with Gasteiger partial charge >= 0.3 is 0 Å². The zero-order valence-electron chi connectivity index (χ0n) is 15.1. The molecule has 0 amide bonds. The normalized spacial score (nSPS) is 27.2. The lowest BCUT2D eigenvalue weighted by Gasteiger charge is -2.37. The zero-order chi connectivity index (χ0) is 18.4. The number of nitrogens with zero attached hydrogens (tertiary/aromatic N) is 2. The Balaban J connectivity index is 1.54. The van der Waals surface area contributed by atoms with Crippen molar-refractivity contribution in [2.24, 2.45) is 5.92 Å². The van der Waals surface area contributed by atoms with Crippen LogP contribution in [0.1, 0.15) is 42.3 Å². The predicted octanol–water partition coefficient (Wildman–Crippen LogP) is 3.69. The quantitative estimate of drug-likeness (QED) is 0.824. The summed E-state index contributed by atoms with van der Waals surface area (Å²) in [7, 11) is -3.40. The Bertz CT molecular complexity index is 982. The number of rotatable bonds is 3. The smallest absolute Gasteiger partial charge is 0.243 e. The van der Waals surface area contributed by atoms with Crippen LogP contribution in [-0.4, -0.2) is 30.8 Å². The summed E-state index contributed by atoms with van der Waals surface area (Å²) in [4.78, 5) is 4.70. The van der Waals surface area contributed by atoms with Crippen LogP contribution < -0.4 is 5.32 Å². The van der Waals surface area contributed by atoms with E-state index in [0.717, 1.165) is 30.5 Å². The Hall–Kier alpha value is -2.18. The lowest BCUT2D eigenvalue weighted by molar-refractivity contribution is 0.424. The Kier molecular flexibility index (Phi) is 4.06. The molecule has 1 saturated heterocycles. The summed E-state index contributed by atoms with van der Waals surface area (Å²) in [5.41, 5.74) is 3.29. The number of fused-ring (bicyclic) bond motifs is 3. The maximum absolute atomic E-state index is 13.0. The topological polar surface area (TPSA) is 62.3 Å². The fraction of sp³-hybridized carbons (Fsp3) is 0.381. The van der Waals surface area contributed by atoms with Gasteiger partial charge in [0, 0.05) is 37.1 Å². The first-order valence-corrected chi connectivity index (χ1v) is 11.1. The van der Waals surface area contributed by atoms with E-state index in [2.05, 4.69) is 28.5 Å². The Morgan fingerprint density at radius 3 is 2.78 bits per heavy atom. The molecule has 0 radical (unpaired) electrons. The van der Waals surface area contributed by atoms with E-state index in [9.17, 15) is 8.42 Å². The van der Waals surface area contributed by atoms with E-state index in [-0.39, 0.29) is 12.0 Å². The average Bonchev–Trinajstić information content (AvgIpc) is 3.40. The number of nitrogens with one attached hydrogen (secondary N) is 1. The molecule has 6 heteroatoms. The molecule has 0 saturated carbocycles. The second-order valence-corrected chi connectivity index (χ2v) is 9.56. The highest BCUT2D eigenvalue weighted by Crippen LogP contribution is 2.50. The highest BCUT2D eigenvalue weighted by atomic mass is 32.2. The monoisotopic (exact) mass is 381 g/mol. The molecule has 3 heterocycles. The standard InChI is InChI=1S/C21H23N3O2S/c25-27(26,24-11-1-2-12-24)16-8-9-20-19(13-16)17-6-3-7-18(17)21(23-20)15-5-4-10-22-14-15/h3-6,8-10,13-14,17-18,21,23H,1-2,7,11-12H2. The van der Waals surface area contributed by atoms with Gasteiger partial charge in [-0.2, -0.15) is 4.31 Å². The van der Waals surface area contributed by atoms with Crippen molar-refractivity contribution in [3.05, 3.63) is 66.0 Å².